The molecule has 3 N–H and O–H groups in total. The molecule has 0 fully saturated rings. The third kappa shape index (κ3) is 5.02. The Morgan fingerprint density at radius 3 is 2.56 bits per heavy atom. The van der Waals surface area contributed by atoms with Crippen LogP contribution >= 0.6 is 12.2 Å². The highest BCUT2D eigenvalue weighted by atomic mass is 32.1. The number of benzene rings is 2. The van der Waals surface area contributed by atoms with Gasteiger partial charge in [-0.2, -0.15) is 0 Å². The van der Waals surface area contributed by atoms with Crippen molar-refractivity contribution in [3.05, 3.63) is 59.7 Å². The van der Waals surface area contributed by atoms with Crippen molar-refractivity contribution in [1.82, 2.24) is 10.6 Å². The van der Waals surface area contributed by atoms with E-state index in [0.717, 1.165) is 0 Å². The quantitative estimate of drug-likeness (QED) is 0.717. The monoisotopic (exact) mass is 357 g/mol. The van der Waals surface area contributed by atoms with E-state index < -0.39 is 0 Å². The highest BCUT2D eigenvalue weighted by Crippen LogP contribution is 2.15. The molecule has 25 heavy (non-hydrogen) atoms. The van der Waals surface area contributed by atoms with Crippen molar-refractivity contribution < 1.29 is 14.3 Å². The van der Waals surface area contributed by atoms with E-state index in [2.05, 4.69) is 16.0 Å². The molecule has 0 bridgehead atoms. The molecule has 0 saturated carbocycles. The van der Waals surface area contributed by atoms with Crippen LogP contribution in [0.2, 0.25) is 0 Å². The second-order valence-corrected chi connectivity index (χ2v) is 5.40. The Morgan fingerprint density at radius 2 is 1.84 bits per heavy atom. The lowest BCUT2D eigenvalue weighted by Gasteiger charge is -2.13. The van der Waals surface area contributed by atoms with Gasteiger partial charge in [0.05, 0.1) is 17.9 Å². The van der Waals surface area contributed by atoms with Gasteiger partial charge in [-0.1, -0.05) is 18.2 Å². The molecule has 0 saturated heterocycles. The number of rotatable bonds is 5. The Morgan fingerprint density at radius 1 is 1.08 bits per heavy atom. The Bertz CT molecular complexity index is 793. The molecule has 0 aliphatic carbocycles. The van der Waals surface area contributed by atoms with Gasteiger partial charge in [0, 0.05) is 12.6 Å². The molecular formula is C18H19N3O3S. The van der Waals surface area contributed by atoms with E-state index in [-0.39, 0.29) is 16.9 Å². The minimum atomic E-state index is -0.364. The number of carbonyl (C=O) groups excluding carboxylic acids is 2. The highest BCUT2D eigenvalue weighted by molar-refractivity contribution is 7.80. The first-order chi connectivity index (χ1) is 12.0. The molecule has 2 amide bonds. The number of para-hydroxylation sites is 1. The zero-order chi connectivity index (χ0) is 18.2. The van der Waals surface area contributed by atoms with Crippen molar-refractivity contribution in [1.29, 1.82) is 0 Å². The van der Waals surface area contributed by atoms with Crippen molar-refractivity contribution in [3.8, 4) is 5.75 Å². The van der Waals surface area contributed by atoms with Crippen LogP contribution in [0.3, 0.4) is 0 Å². The molecule has 0 atom stereocenters. The first-order valence-electron chi connectivity index (χ1n) is 7.71. The van der Waals surface area contributed by atoms with Crippen molar-refractivity contribution >= 4 is 34.8 Å². The summed E-state index contributed by atoms with van der Waals surface area (Å²) in [6.07, 6.45) is 0. The second-order valence-electron chi connectivity index (χ2n) is 4.99. The number of hydrogen-bond acceptors (Lipinski definition) is 4. The zero-order valence-corrected chi connectivity index (χ0v) is 14.8. The number of ether oxygens (including phenoxy) is 1. The summed E-state index contributed by atoms with van der Waals surface area (Å²) in [5.74, 6) is -0.00268. The standard InChI is InChI=1S/C18H19N3O3S/c1-3-24-13-8-6-7-12(11-13)16(22)21-18(25)20-15-10-5-4-9-14(15)17(23)19-2/h4-11H,3H2,1-2H3,(H,19,23)(H2,20,21,22,25). The molecule has 0 heterocycles. The van der Waals surface area contributed by atoms with Crippen LogP contribution in [-0.2, 0) is 0 Å². The van der Waals surface area contributed by atoms with Crippen LogP contribution in [0.15, 0.2) is 48.5 Å². The zero-order valence-electron chi connectivity index (χ0n) is 14.0. The average Bonchev–Trinajstić information content (AvgIpc) is 2.62. The maximum atomic E-state index is 12.3. The van der Waals surface area contributed by atoms with E-state index in [9.17, 15) is 9.59 Å². The minimum absolute atomic E-state index is 0.100. The van der Waals surface area contributed by atoms with Gasteiger partial charge >= 0.3 is 0 Å². The van der Waals surface area contributed by atoms with E-state index in [4.69, 9.17) is 17.0 Å². The van der Waals surface area contributed by atoms with Gasteiger partial charge in [-0.3, -0.25) is 14.9 Å². The number of hydrogen-bond donors (Lipinski definition) is 3. The fourth-order valence-corrected chi connectivity index (χ4v) is 2.35. The lowest BCUT2D eigenvalue weighted by molar-refractivity contribution is 0.0961. The highest BCUT2D eigenvalue weighted by Gasteiger charge is 2.13. The third-order valence-corrected chi connectivity index (χ3v) is 3.49. The molecule has 130 valence electrons. The molecule has 2 rings (SSSR count). The minimum Gasteiger partial charge on any atom is -0.494 e. The number of thiocarbonyl (C=S) groups is 1. The summed E-state index contributed by atoms with van der Waals surface area (Å²) < 4.78 is 5.38. The third-order valence-electron chi connectivity index (χ3n) is 3.28. The van der Waals surface area contributed by atoms with E-state index in [0.29, 0.717) is 29.2 Å². The SMILES string of the molecule is CCOc1cccc(C(=O)NC(=S)Nc2ccccc2C(=O)NC)c1. The number of nitrogens with one attached hydrogen (secondary N) is 3. The van der Waals surface area contributed by atoms with Crippen molar-refractivity contribution in [3.63, 3.8) is 0 Å². The van der Waals surface area contributed by atoms with Crippen molar-refractivity contribution in [2.45, 2.75) is 6.92 Å². The second kappa shape index (κ2) is 8.79. The first-order valence-corrected chi connectivity index (χ1v) is 8.12. The summed E-state index contributed by atoms with van der Waals surface area (Å²) in [6, 6.07) is 13.7. The van der Waals surface area contributed by atoms with Crippen LogP contribution in [0.1, 0.15) is 27.6 Å². The van der Waals surface area contributed by atoms with E-state index in [1.54, 1.807) is 55.6 Å². The number of anilines is 1. The maximum absolute atomic E-state index is 12.3. The Balaban J connectivity index is 2.07. The maximum Gasteiger partial charge on any atom is 0.257 e. The van der Waals surface area contributed by atoms with Gasteiger partial charge < -0.3 is 15.4 Å². The molecule has 0 radical (unpaired) electrons. The van der Waals surface area contributed by atoms with Crippen LogP contribution in [0, 0.1) is 0 Å². The molecule has 0 aliphatic heterocycles. The summed E-state index contributed by atoms with van der Waals surface area (Å²) in [5.41, 5.74) is 1.37. The largest absolute Gasteiger partial charge is 0.494 e. The van der Waals surface area contributed by atoms with Gasteiger partial charge in [0.15, 0.2) is 5.11 Å². The van der Waals surface area contributed by atoms with Crippen LogP contribution in [-0.4, -0.2) is 30.6 Å². The summed E-state index contributed by atoms with van der Waals surface area (Å²) in [7, 11) is 1.55. The molecule has 0 aromatic heterocycles. The molecule has 7 heteroatoms. The molecule has 2 aromatic rings. The Hall–Kier alpha value is -2.93. The summed E-state index contributed by atoms with van der Waals surface area (Å²) in [4.78, 5) is 24.2. The lowest BCUT2D eigenvalue weighted by atomic mass is 10.1. The van der Waals surface area contributed by atoms with E-state index in [1.165, 1.54) is 0 Å². The number of carbonyl (C=O) groups is 2. The Labute approximate surface area is 151 Å². The van der Waals surface area contributed by atoms with Gasteiger partial charge in [0.25, 0.3) is 11.8 Å². The van der Waals surface area contributed by atoms with E-state index in [1.807, 2.05) is 6.92 Å². The summed E-state index contributed by atoms with van der Waals surface area (Å²) >= 11 is 5.17. The predicted octanol–water partition coefficient (Wildman–Crippen LogP) is 2.57. The molecule has 0 unspecified atom stereocenters. The first kappa shape index (κ1) is 18.4. The average molecular weight is 357 g/mol. The lowest BCUT2D eigenvalue weighted by Crippen LogP contribution is -2.34. The molecule has 2 aromatic carbocycles. The van der Waals surface area contributed by atoms with Gasteiger partial charge in [-0.25, -0.2) is 0 Å². The normalized spacial score (nSPS) is 9.84. The van der Waals surface area contributed by atoms with Crippen molar-refractivity contribution in [2.75, 3.05) is 19.0 Å². The van der Waals surface area contributed by atoms with Crippen LogP contribution in [0.4, 0.5) is 5.69 Å². The van der Waals surface area contributed by atoms with Gasteiger partial charge in [0.1, 0.15) is 5.75 Å². The number of amides is 2. The van der Waals surface area contributed by atoms with Crippen LogP contribution in [0.25, 0.3) is 0 Å². The smallest absolute Gasteiger partial charge is 0.257 e. The predicted molar refractivity (Wildman–Crippen MR) is 101 cm³/mol. The molecule has 0 aliphatic rings. The fraction of sp³-hybridized carbons (Fsp3) is 0.167. The van der Waals surface area contributed by atoms with Crippen LogP contribution < -0.4 is 20.7 Å². The van der Waals surface area contributed by atoms with Gasteiger partial charge in [0.2, 0.25) is 0 Å². The summed E-state index contributed by atoms with van der Waals surface area (Å²) in [6.45, 7) is 2.39. The summed E-state index contributed by atoms with van der Waals surface area (Å²) in [5, 5.41) is 8.12. The topological polar surface area (TPSA) is 79.5 Å². The fourth-order valence-electron chi connectivity index (χ4n) is 2.15. The van der Waals surface area contributed by atoms with Crippen LogP contribution in [0.5, 0.6) is 5.75 Å². The van der Waals surface area contributed by atoms with Gasteiger partial charge in [-0.05, 0) is 49.5 Å². The molecule has 0 spiro atoms. The van der Waals surface area contributed by atoms with Gasteiger partial charge in [-0.15, -0.1) is 0 Å². The Kier molecular flexibility index (Phi) is 6.47. The van der Waals surface area contributed by atoms with E-state index >= 15 is 0 Å². The molecule has 6 nitrogen and oxygen atoms in total. The van der Waals surface area contributed by atoms with Crippen molar-refractivity contribution in [2.24, 2.45) is 0 Å². The molecular weight excluding hydrogens is 338 g/mol.